The minimum absolute atomic E-state index is 0.0457. The Balaban J connectivity index is 1.53. The quantitative estimate of drug-likeness (QED) is 0.742. The Morgan fingerprint density at radius 2 is 1.93 bits per heavy atom. The van der Waals surface area contributed by atoms with Crippen molar-refractivity contribution in [2.45, 2.75) is 83.0 Å². The van der Waals surface area contributed by atoms with Crippen molar-refractivity contribution in [2.75, 3.05) is 0 Å². The van der Waals surface area contributed by atoms with E-state index in [9.17, 15) is 14.7 Å². The van der Waals surface area contributed by atoms with E-state index in [1.54, 1.807) is 12.2 Å². The number of hydrogen-bond donors (Lipinski definition) is 2. The molecule has 2 unspecified atom stereocenters. The smallest absolute Gasteiger partial charge is 0.253 e. The molecule has 29 heavy (non-hydrogen) atoms. The van der Waals surface area contributed by atoms with Crippen molar-refractivity contribution in [1.29, 1.82) is 0 Å². The zero-order chi connectivity index (χ0) is 20.8. The van der Waals surface area contributed by atoms with E-state index < -0.39 is 22.1 Å². The molecule has 0 bridgehead atoms. The Hall–Kier alpha value is -1.49. The molecule has 4 fully saturated rings. The number of carbonyl (C=O) groups is 2. The van der Waals surface area contributed by atoms with Crippen LogP contribution in [0.4, 0.5) is 4.39 Å². The van der Waals surface area contributed by atoms with E-state index in [0.717, 1.165) is 18.4 Å². The number of hydrogen-bond acceptors (Lipinski definition) is 3. The van der Waals surface area contributed by atoms with Crippen LogP contribution in [0.15, 0.2) is 23.8 Å². The van der Waals surface area contributed by atoms with Gasteiger partial charge in [-0.3, -0.25) is 9.59 Å². The van der Waals surface area contributed by atoms with E-state index in [4.69, 9.17) is 0 Å². The highest BCUT2D eigenvalue weighted by molar-refractivity contribution is 6.01. The highest BCUT2D eigenvalue weighted by Gasteiger charge is 2.73. The summed E-state index contributed by atoms with van der Waals surface area (Å²) >= 11 is 0. The van der Waals surface area contributed by atoms with Crippen molar-refractivity contribution >= 4 is 11.7 Å². The molecule has 5 aliphatic carbocycles. The van der Waals surface area contributed by atoms with Gasteiger partial charge in [0, 0.05) is 16.9 Å². The van der Waals surface area contributed by atoms with Crippen molar-refractivity contribution < 1.29 is 19.1 Å². The van der Waals surface area contributed by atoms with Gasteiger partial charge in [0.25, 0.3) is 5.91 Å². The van der Waals surface area contributed by atoms with E-state index in [0.29, 0.717) is 32.1 Å². The second-order valence-electron chi connectivity index (χ2n) is 10.8. The summed E-state index contributed by atoms with van der Waals surface area (Å²) in [5, 5.41) is 14.8. The lowest BCUT2D eigenvalue weighted by molar-refractivity contribution is -0.182. The molecule has 0 aromatic rings. The molecule has 1 amide bonds. The highest BCUT2D eigenvalue weighted by Crippen LogP contribution is 2.70. The summed E-state index contributed by atoms with van der Waals surface area (Å²) in [4.78, 5) is 25.0. The minimum Gasteiger partial charge on any atom is -0.379 e. The van der Waals surface area contributed by atoms with Gasteiger partial charge < -0.3 is 10.4 Å². The maximum atomic E-state index is 16.9. The van der Waals surface area contributed by atoms with Gasteiger partial charge in [0.2, 0.25) is 0 Å². The molecule has 0 aromatic carbocycles. The van der Waals surface area contributed by atoms with E-state index in [2.05, 4.69) is 5.32 Å². The Morgan fingerprint density at radius 3 is 2.62 bits per heavy atom. The third-order valence-electron chi connectivity index (χ3n) is 9.50. The molecule has 4 nitrogen and oxygen atoms in total. The molecule has 4 saturated carbocycles. The largest absolute Gasteiger partial charge is 0.379 e. The highest BCUT2D eigenvalue weighted by atomic mass is 19.1. The summed E-state index contributed by atoms with van der Waals surface area (Å²) in [6.07, 6.45) is 9.71. The first kappa shape index (κ1) is 19.5. The third kappa shape index (κ3) is 2.28. The number of nitrogens with one attached hydrogen (secondary N) is 1. The Morgan fingerprint density at radius 1 is 1.21 bits per heavy atom. The monoisotopic (exact) mass is 401 g/mol. The average molecular weight is 402 g/mol. The van der Waals surface area contributed by atoms with Crippen molar-refractivity contribution in [3.05, 3.63) is 23.8 Å². The van der Waals surface area contributed by atoms with Gasteiger partial charge in [-0.25, -0.2) is 4.39 Å². The van der Waals surface area contributed by atoms with Crippen LogP contribution in [0.2, 0.25) is 0 Å². The lowest BCUT2D eigenvalue weighted by Gasteiger charge is -2.60. The van der Waals surface area contributed by atoms with Crippen LogP contribution in [-0.4, -0.2) is 34.1 Å². The first-order chi connectivity index (χ1) is 13.6. The number of aliphatic hydroxyl groups is 1. The van der Waals surface area contributed by atoms with Gasteiger partial charge in [-0.05, 0) is 81.8 Å². The zero-order valence-electron chi connectivity index (χ0n) is 17.6. The maximum absolute atomic E-state index is 16.9. The van der Waals surface area contributed by atoms with Gasteiger partial charge in [0.05, 0.1) is 0 Å². The van der Waals surface area contributed by atoms with Crippen LogP contribution < -0.4 is 5.32 Å². The van der Waals surface area contributed by atoms with Gasteiger partial charge in [-0.2, -0.15) is 0 Å². The summed E-state index contributed by atoms with van der Waals surface area (Å²) in [5.74, 6) is -0.774. The molecular formula is C24H32FNO3. The fraction of sp³-hybridized carbons (Fsp3) is 0.750. The van der Waals surface area contributed by atoms with Crippen LogP contribution in [0.25, 0.3) is 0 Å². The molecule has 0 radical (unpaired) electrons. The first-order valence-electron chi connectivity index (χ1n) is 11.2. The zero-order valence-corrected chi connectivity index (χ0v) is 17.6. The summed E-state index contributed by atoms with van der Waals surface area (Å²) in [5.41, 5.74) is -3.39. The lowest BCUT2D eigenvalue weighted by Crippen LogP contribution is -2.65. The van der Waals surface area contributed by atoms with E-state index >= 15 is 4.39 Å². The molecule has 5 aliphatic rings. The normalized spacial score (nSPS) is 51.0. The van der Waals surface area contributed by atoms with Crippen molar-refractivity contribution in [3.63, 3.8) is 0 Å². The van der Waals surface area contributed by atoms with Crippen LogP contribution in [0, 0.1) is 28.6 Å². The number of allylic oxidation sites excluding steroid dienone is 4. The van der Waals surface area contributed by atoms with Crippen LogP contribution in [-0.2, 0) is 9.59 Å². The van der Waals surface area contributed by atoms with Gasteiger partial charge in [-0.1, -0.05) is 25.5 Å². The summed E-state index contributed by atoms with van der Waals surface area (Å²) in [6.45, 7) is 5.90. The van der Waals surface area contributed by atoms with E-state index in [1.165, 1.54) is 6.08 Å². The van der Waals surface area contributed by atoms with Gasteiger partial charge >= 0.3 is 0 Å². The standard InChI is InChI=1S/C24H32FNO3/c1-14-12-19-18-7-4-15-13-17(27)8-9-21(15,2)23(18,25)11-10-22(19,3)24(14,29)20(28)26-16-5-6-16/h8-9,13-14,16,18-19,29H,4-7,10-12H2,1-3H3,(H,26,28)/t14-,18?,19?,21+,22+,23-,24+/m1/s1. The van der Waals surface area contributed by atoms with Crippen LogP contribution in [0.3, 0.4) is 0 Å². The molecule has 158 valence electrons. The topological polar surface area (TPSA) is 66.4 Å². The second-order valence-corrected chi connectivity index (χ2v) is 10.8. The number of rotatable bonds is 2. The number of fused-ring (bicyclic) bond motifs is 5. The second kappa shape index (κ2) is 5.81. The van der Waals surface area contributed by atoms with Crippen molar-refractivity contribution in [3.8, 4) is 0 Å². The molecular weight excluding hydrogens is 369 g/mol. The molecule has 0 aromatic heterocycles. The number of carbonyl (C=O) groups excluding carboxylic acids is 2. The maximum Gasteiger partial charge on any atom is 0.253 e. The van der Waals surface area contributed by atoms with Gasteiger partial charge in [-0.15, -0.1) is 0 Å². The van der Waals surface area contributed by atoms with Crippen LogP contribution in [0.1, 0.15) is 65.7 Å². The first-order valence-corrected chi connectivity index (χ1v) is 11.2. The number of ketones is 1. The Kier molecular flexibility index (Phi) is 3.90. The average Bonchev–Trinajstić information content (AvgIpc) is 3.45. The fourth-order valence-corrected chi connectivity index (χ4v) is 7.44. The predicted molar refractivity (Wildman–Crippen MR) is 108 cm³/mol. The minimum atomic E-state index is -1.45. The molecule has 0 heterocycles. The van der Waals surface area contributed by atoms with Crippen molar-refractivity contribution in [1.82, 2.24) is 5.32 Å². The number of halogens is 1. The Bertz CT molecular complexity index is 847. The van der Waals surface area contributed by atoms with Gasteiger partial charge in [0.15, 0.2) is 11.4 Å². The molecule has 5 heteroatoms. The summed E-state index contributed by atoms with van der Waals surface area (Å²) < 4.78 is 16.9. The summed E-state index contributed by atoms with van der Waals surface area (Å²) in [7, 11) is 0. The molecule has 5 rings (SSSR count). The summed E-state index contributed by atoms with van der Waals surface area (Å²) in [6, 6.07) is 0.191. The van der Waals surface area contributed by atoms with Crippen LogP contribution in [0.5, 0.6) is 0 Å². The van der Waals surface area contributed by atoms with E-state index in [1.807, 2.05) is 20.8 Å². The van der Waals surface area contributed by atoms with Crippen molar-refractivity contribution in [2.24, 2.45) is 28.6 Å². The fourth-order valence-electron chi connectivity index (χ4n) is 7.44. The SMILES string of the molecule is C[C@@H]1CC2C3CCC4=CC(=O)C=C[C@]4(C)[C@@]3(F)CC[C@]2(C)[C@@]1(O)C(=O)NC1CC1. The molecule has 0 spiro atoms. The lowest BCUT2D eigenvalue weighted by atomic mass is 9.45. The van der Waals surface area contributed by atoms with E-state index in [-0.39, 0.29) is 35.5 Å². The number of alkyl halides is 1. The third-order valence-corrected chi connectivity index (χ3v) is 9.50. The molecule has 2 N–H and O–H groups in total. The van der Waals surface area contributed by atoms with Gasteiger partial charge in [0.1, 0.15) is 5.67 Å². The number of amides is 1. The Labute approximate surface area is 172 Å². The molecule has 0 aliphatic heterocycles. The molecule has 0 saturated heterocycles. The predicted octanol–water partition coefficient (Wildman–Crippen LogP) is 3.64. The van der Waals surface area contributed by atoms with Crippen LogP contribution >= 0.6 is 0 Å². The molecule has 7 atom stereocenters.